The van der Waals surface area contributed by atoms with Gasteiger partial charge in [-0.3, -0.25) is 19.7 Å². The van der Waals surface area contributed by atoms with Crippen LogP contribution in [0.1, 0.15) is 26.3 Å². The third kappa shape index (κ3) is 1.83. The van der Waals surface area contributed by atoms with E-state index in [1.54, 1.807) is 13.0 Å². The summed E-state index contributed by atoms with van der Waals surface area (Å²) in [6.45, 7) is 1.74. The number of aryl methyl sites for hydroxylation is 1. The van der Waals surface area contributed by atoms with Crippen molar-refractivity contribution in [2.24, 2.45) is 0 Å². The average Bonchev–Trinajstić information content (AvgIpc) is 2.74. The Morgan fingerprint density at radius 3 is 2.55 bits per heavy atom. The molecule has 2 aromatic rings. The third-order valence-electron chi connectivity index (χ3n) is 3.46. The molecule has 0 aromatic heterocycles. The molecule has 2 amide bonds. The molecule has 0 fully saturated rings. The summed E-state index contributed by atoms with van der Waals surface area (Å²) in [4.78, 5) is 36.0. The van der Waals surface area contributed by atoms with Gasteiger partial charge in [0.25, 0.3) is 17.5 Å². The van der Waals surface area contributed by atoms with Gasteiger partial charge in [-0.05, 0) is 30.7 Å². The predicted octanol–water partition coefficient (Wildman–Crippen LogP) is 2.41. The van der Waals surface area contributed by atoms with Gasteiger partial charge in [-0.15, -0.1) is 0 Å². The van der Waals surface area contributed by atoms with Crippen molar-refractivity contribution in [1.29, 1.82) is 0 Å². The lowest BCUT2D eigenvalue weighted by Crippen LogP contribution is -2.29. The second-order valence-corrected chi connectivity index (χ2v) is 4.89. The highest BCUT2D eigenvalue weighted by Gasteiger charge is 2.42. The van der Waals surface area contributed by atoms with Crippen LogP contribution in [0.3, 0.4) is 0 Å². The maximum atomic E-state index is 12.5. The molecule has 7 heteroatoms. The molecule has 1 heterocycles. The number of amides is 2. The van der Waals surface area contributed by atoms with Crippen molar-refractivity contribution in [1.82, 2.24) is 0 Å². The number of nitro groups is 1. The van der Waals surface area contributed by atoms with Gasteiger partial charge in [-0.2, -0.15) is 0 Å². The van der Waals surface area contributed by atoms with Crippen LogP contribution in [0, 0.1) is 17.0 Å². The Morgan fingerprint density at radius 2 is 1.86 bits per heavy atom. The number of fused-ring (bicyclic) bond motifs is 1. The predicted molar refractivity (Wildman–Crippen MR) is 77.1 cm³/mol. The summed E-state index contributed by atoms with van der Waals surface area (Å²) in [5, 5.41) is 21.0. The van der Waals surface area contributed by atoms with Crippen LogP contribution in [0.2, 0.25) is 0 Å². The van der Waals surface area contributed by atoms with Crippen LogP contribution in [-0.4, -0.2) is 21.8 Å². The molecule has 110 valence electrons. The summed E-state index contributed by atoms with van der Waals surface area (Å²) in [6, 6.07) is 8.34. The number of nitrogens with zero attached hydrogens (tertiary/aromatic N) is 2. The first kappa shape index (κ1) is 13.7. The highest BCUT2D eigenvalue weighted by atomic mass is 16.6. The van der Waals surface area contributed by atoms with Gasteiger partial charge in [0.05, 0.1) is 16.2 Å². The molecule has 0 unspecified atom stereocenters. The lowest BCUT2D eigenvalue weighted by molar-refractivity contribution is -0.385. The molecule has 0 spiro atoms. The fourth-order valence-electron chi connectivity index (χ4n) is 2.45. The number of phenolic OH excluding ortho intramolecular Hbond substituents is 1. The maximum Gasteiger partial charge on any atom is 0.283 e. The minimum atomic E-state index is -0.812. The molecule has 0 bridgehead atoms. The van der Waals surface area contributed by atoms with Crippen LogP contribution >= 0.6 is 0 Å². The highest BCUT2D eigenvalue weighted by molar-refractivity contribution is 6.36. The summed E-state index contributed by atoms with van der Waals surface area (Å²) >= 11 is 0. The number of rotatable bonds is 2. The van der Waals surface area contributed by atoms with Gasteiger partial charge >= 0.3 is 0 Å². The summed E-state index contributed by atoms with van der Waals surface area (Å²) in [5.74, 6) is -1.75. The van der Waals surface area contributed by atoms with E-state index in [-0.39, 0.29) is 22.6 Å². The van der Waals surface area contributed by atoms with E-state index in [2.05, 4.69) is 0 Å². The molecule has 0 saturated carbocycles. The van der Waals surface area contributed by atoms with Crippen LogP contribution in [0.5, 0.6) is 5.75 Å². The molecule has 0 radical (unpaired) electrons. The first-order valence-electron chi connectivity index (χ1n) is 6.37. The molecule has 1 N–H and O–H groups in total. The van der Waals surface area contributed by atoms with Crippen molar-refractivity contribution in [3.8, 4) is 5.75 Å². The van der Waals surface area contributed by atoms with Crippen molar-refractivity contribution in [2.45, 2.75) is 6.92 Å². The largest absolute Gasteiger partial charge is 0.506 e. The molecule has 3 rings (SSSR count). The second kappa shape index (κ2) is 4.66. The molecular weight excluding hydrogens is 288 g/mol. The van der Waals surface area contributed by atoms with Gasteiger partial charge in [0.2, 0.25) is 0 Å². The standard InChI is InChI=1S/C15H10N2O5/c1-8-5-6-12(18)11(7-8)16-14(19)9-3-2-4-10(17(21)22)13(9)15(16)20/h2-7,18H,1H3. The SMILES string of the molecule is Cc1ccc(O)c(N2C(=O)c3cccc([N+](=O)[O-])c3C2=O)c1. The Hall–Kier alpha value is -3.22. The zero-order valence-electron chi connectivity index (χ0n) is 11.4. The van der Waals surface area contributed by atoms with Crippen molar-refractivity contribution in [2.75, 3.05) is 4.90 Å². The van der Waals surface area contributed by atoms with Crippen molar-refractivity contribution >= 4 is 23.2 Å². The van der Waals surface area contributed by atoms with Crippen LogP contribution in [0.25, 0.3) is 0 Å². The van der Waals surface area contributed by atoms with Crippen molar-refractivity contribution in [3.63, 3.8) is 0 Å². The number of imide groups is 1. The smallest absolute Gasteiger partial charge is 0.283 e. The first-order chi connectivity index (χ1) is 10.4. The Labute approximate surface area is 124 Å². The summed E-state index contributed by atoms with van der Waals surface area (Å²) in [6.07, 6.45) is 0. The highest BCUT2D eigenvalue weighted by Crippen LogP contribution is 2.37. The van der Waals surface area contributed by atoms with Crippen LogP contribution in [-0.2, 0) is 0 Å². The Morgan fingerprint density at radius 1 is 1.14 bits per heavy atom. The molecule has 7 nitrogen and oxygen atoms in total. The average molecular weight is 298 g/mol. The molecule has 2 aromatic carbocycles. The fraction of sp³-hybridized carbons (Fsp3) is 0.0667. The van der Waals surface area contributed by atoms with Gasteiger partial charge in [-0.25, -0.2) is 4.90 Å². The quantitative estimate of drug-likeness (QED) is 0.521. The Kier molecular flexibility index (Phi) is 2.91. The Bertz CT molecular complexity index is 844. The number of aromatic hydroxyl groups is 1. The van der Waals surface area contributed by atoms with Crippen molar-refractivity contribution in [3.05, 3.63) is 63.2 Å². The van der Waals surface area contributed by atoms with Gasteiger partial charge < -0.3 is 5.11 Å². The number of carbonyl (C=O) groups excluding carboxylic acids is 2. The van der Waals surface area contributed by atoms with Gasteiger partial charge in [0, 0.05) is 6.07 Å². The zero-order chi connectivity index (χ0) is 16.0. The van der Waals surface area contributed by atoms with Crippen molar-refractivity contribution < 1.29 is 19.6 Å². The van der Waals surface area contributed by atoms with E-state index in [0.29, 0.717) is 0 Å². The molecule has 0 atom stereocenters. The van der Waals surface area contributed by atoms with E-state index in [4.69, 9.17) is 0 Å². The van der Waals surface area contributed by atoms with E-state index in [9.17, 15) is 24.8 Å². The summed E-state index contributed by atoms with van der Waals surface area (Å²) in [7, 11) is 0. The summed E-state index contributed by atoms with van der Waals surface area (Å²) < 4.78 is 0. The first-order valence-corrected chi connectivity index (χ1v) is 6.37. The lowest BCUT2D eigenvalue weighted by Gasteiger charge is -2.15. The number of nitro benzene ring substituents is 1. The molecule has 1 aliphatic rings. The third-order valence-corrected chi connectivity index (χ3v) is 3.46. The lowest BCUT2D eigenvalue weighted by atomic mass is 10.1. The normalized spacial score (nSPS) is 13.4. The number of anilines is 1. The number of hydrogen-bond acceptors (Lipinski definition) is 5. The number of hydrogen-bond donors (Lipinski definition) is 1. The van der Waals surface area contributed by atoms with E-state index in [0.717, 1.165) is 10.5 Å². The fourth-order valence-corrected chi connectivity index (χ4v) is 2.45. The molecule has 1 aliphatic heterocycles. The van der Waals surface area contributed by atoms with Gasteiger partial charge in [0.1, 0.15) is 11.3 Å². The van der Waals surface area contributed by atoms with E-state index in [1.165, 1.54) is 30.3 Å². The van der Waals surface area contributed by atoms with Crippen LogP contribution in [0.15, 0.2) is 36.4 Å². The van der Waals surface area contributed by atoms with E-state index >= 15 is 0 Å². The monoisotopic (exact) mass is 298 g/mol. The van der Waals surface area contributed by atoms with Crippen LogP contribution < -0.4 is 4.90 Å². The zero-order valence-corrected chi connectivity index (χ0v) is 11.4. The molecular formula is C15H10N2O5. The number of phenols is 1. The topological polar surface area (TPSA) is 101 Å². The van der Waals surface area contributed by atoms with Gasteiger partial charge in [0.15, 0.2) is 0 Å². The molecule has 22 heavy (non-hydrogen) atoms. The second-order valence-electron chi connectivity index (χ2n) is 4.89. The summed E-state index contributed by atoms with van der Waals surface area (Å²) in [5.41, 5.74) is 0.0309. The van der Waals surface area contributed by atoms with E-state index in [1.807, 2.05) is 0 Å². The molecule has 0 aliphatic carbocycles. The Balaban J connectivity index is 2.21. The maximum absolute atomic E-state index is 12.5. The van der Waals surface area contributed by atoms with Crippen LogP contribution in [0.4, 0.5) is 11.4 Å². The van der Waals surface area contributed by atoms with Gasteiger partial charge in [-0.1, -0.05) is 12.1 Å². The minimum absolute atomic E-state index is 0.0143. The number of benzene rings is 2. The molecule has 0 saturated heterocycles. The minimum Gasteiger partial charge on any atom is -0.506 e. The van der Waals surface area contributed by atoms with E-state index < -0.39 is 22.4 Å². The number of carbonyl (C=O) groups is 2.